The van der Waals surface area contributed by atoms with E-state index < -0.39 is 0 Å². The van der Waals surface area contributed by atoms with Crippen molar-refractivity contribution >= 4 is 0 Å². The van der Waals surface area contributed by atoms with E-state index in [1.54, 1.807) is 13.3 Å². The van der Waals surface area contributed by atoms with Crippen molar-refractivity contribution in [2.75, 3.05) is 13.7 Å². The minimum atomic E-state index is 0.405. The Balaban J connectivity index is 2.19. The Morgan fingerprint density at radius 3 is 2.94 bits per heavy atom. The highest BCUT2D eigenvalue weighted by Crippen LogP contribution is 2.43. The minimum Gasteiger partial charge on any atom is -0.493 e. The van der Waals surface area contributed by atoms with Crippen LogP contribution in [0.15, 0.2) is 6.20 Å². The van der Waals surface area contributed by atoms with E-state index >= 15 is 0 Å². The molecule has 1 aliphatic carbocycles. The number of aromatic nitrogens is 2. The molecule has 0 saturated heterocycles. The third kappa shape index (κ3) is 2.21. The van der Waals surface area contributed by atoms with Crippen molar-refractivity contribution in [1.29, 1.82) is 0 Å². The smallest absolute Gasteiger partial charge is 0.161 e. The van der Waals surface area contributed by atoms with Crippen LogP contribution >= 0.6 is 0 Å². The zero-order valence-corrected chi connectivity index (χ0v) is 10.4. The lowest BCUT2D eigenvalue weighted by Crippen LogP contribution is -2.26. The summed E-state index contributed by atoms with van der Waals surface area (Å²) in [5.41, 5.74) is 1.19. The van der Waals surface area contributed by atoms with Crippen molar-refractivity contribution in [3.8, 4) is 5.75 Å². The van der Waals surface area contributed by atoms with E-state index in [-0.39, 0.29) is 0 Å². The second-order valence-corrected chi connectivity index (χ2v) is 4.49. The summed E-state index contributed by atoms with van der Waals surface area (Å²) in [6.07, 6.45) is 5.59. The molecule has 1 aromatic heterocycles. The molecule has 16 heavy (non-hydrogen) atoms. The van der Waals surface area contributed by atoms with Crippen molar-refractivity contribution < 1.29 is 4.74 Å². The summed E-state index contributed by atoms with van der Waals surface area (Å²) in [6.45, 7) is 3.24. The van der Waals surface area contributed by atoms with Gasteiger partial charge in [-0.2, -0.15) is 5.10 Å². The largest absolute Gasteiger partial charge is 0.493 e. The fraction of sp³-hybridized carbons (Fsp3) is 0.750. The molecule has 0 aromatic carbocycles. The molecule has 4 heteroatoms. The molecule has 0 amide bonds. The van der Waals surface area contributed by atoms with Crippen LogP contribution in [0.4, 0.5) is 0 Å². The standard InChI is InChI=1S/C12H21N3O/c1-4-7-13-11(9-5-6-9)12-10(16-3)8-14-15(12)2/h8-9,11,13H,4-7H2,1-3H3. The van der Waals surface area contributed by atoms with Crippen molar-refractivity contribution in [3.05, 3.63) is 11.9 Å². The Morgan fingerprint density at radius 2 is 2.38 bits per heavy atom. The van der Waals surface area contributed by atoms with Gasteiger partial charge in [-0.15, -0.1) is 0 Å². The van der Waals surface area contributed by atoms with E-state index in [4.69, 9.17) is 4.74 Å². The van der Waals surface area contributed by atoms with Gasteiger partial charge in [-0.1, -0.05) is 6.92 Å². The zero-order valence-electron chi connectivity index (χ0n) is 10.4. The average molecular weight is 223 g/mol. The van der Waals surface area contributed by atoms with Crippen molar-refractivity contribution in [3.63, 3.8) is 0 Å². The van der Waals surface area contributed by atoms with Gasteiger partial charge >= 0.3 is 0 Å². The van der Waals surface area contributed by atoms with E-state index in [2.05, 4.69) is 17.3 Å². The highest BCUT2D eigenvalue weighted by atomic mass is 16.5. The van der Waals surface area contributed by atoms with Crippen LogP contribution in [-0.4, -0.2) is 23.4 Å². The SMILES string of the molecule is CCCNC(c1c(OC)cnn1C)C1CC1. The molecule has 1 saturated carbocycles. The van der Waals surface area contributed by atoms with Crippen LogP contribution in [0.1, 0.15) is 37.9 Å². The highest BCUT2D eigenvalue weighted by molar-refractivity contribution is 5.29. The Bertz CT molecular complexity index is 344. The number of hydrogen-bond acceptors (Lipinski definition) is 3. The van der Waals surface area contributed by atoms with Crippen LogP contribution in [0.3, 0.4) is 0 Å². The second-order valence-electron chi connectivity index (χ2n) is 4.49. The van der Waals surface area contributed by atoms with E-state index in [0.29, 0.717) is 6.04 Å². The average Bonchev–Trinajstić information content (AvgIpc) is 3.05. The van der Waals surface area contributed by atoms with Crippen molar-refractivity contribution in [2.24, 2.45) is 13.0 Å². The summed E-state index contributed by atoms with van der Waals surface area (Å²) in [4.78, 5) is 0. The molecule has 1 atom stereocenters. The predicted molar refractivity (Wildman–Crippen MR) is 63.5 cm³/mol. The normalized spacial score (nSPS) is 17.4. The summed E-state index contributed by atoms with van der Waals surface area (Å²) in [5.74, 6) is 1.67. The van der Waals surface area contributed by atoms with Gasteiger partial charge in [0.1, 0.15) is 0 Å². The second kappa shape index (κ2) is 4.87. The molecule has 1 aliphatic rings. The Morgan fingerprint density at radius 1 is 1.62 bits per heavy atom. The van der Waals surface area contributed by atoms with E-state index in [0.717, 1.165) is 24.6 Å². The van der Waals surface area contributed by atoms with Crippen LogP contribution in [0.25, 0.3) is 0 Å². The van der Waals surface area contributed by atoms with Gasteiger partial charge in [0.05, 0.1) is 25.0 Å². The molecular weight excluding hydrogens is 202 g/mol. The number of aryl methyl sites for hydroxylation is 1. The fourth-order valence-electron chi connectivity index (χ4n) is 2.15. The van der Waals surface area contributed by atoms with Gasteiger partial charge in [-0.05, 0) is 31.7 Å². The van der Waals surface area contributed by atoms with Crippen molar-refractivity contribution in [2.45, 2.75) is 32.2 Å². The van der Waals surface area contributed by atoms with Gasteiger partial charge in [-0.3, -0.25) is 4.68 Å². The lowest BCUT2D eigenvalue weighted by molar-refractivity contribution is 0.383. The summed E-state index contributed by atoms with van der Waals surface area (Å²) in [5, 5.41) is 7.89. The highest BCUT2D eigenvalue weighted by Gasteiger charge is 2.35. The lowest BCUT2D eigenvalue weighted by Gasteiger charge is -2.19. The van der Waals surface area contributed by atoms with Crippen LogP contribution < -0.4 is 10.1 Å². The Labute approximate surface area is 97.0 Å². The van der Waals surface area contributed by atoms with Gasteiger partial charge in [0, 0.05) is 7.05 Å². The zero-order chi connectivity index (χ0) is 11.5. The summed E-state index contributed by atoms with van der Waals surface area (Å²) < 4.78 is 7.32. The molecular formula is C12H21N3O. The molecule has 4 nitrogen and oxygen atoms in total. The van der Waals surface area contributed by atoms with Crippen LogP contribution in [-0.2, 0) is 7.05 Å². The maximum absolute atomic E-state index is 5.38. The van der Waals surface area contributed by atoms with Gasteiger partial charge in [0.25, 0.3) is 0 Å². The van der Waals surface area contributed by atoms with Gasteiger partial charge in [0.15, 0.2) is 5.75 Å². The predicted octanol–water partition coefficient (Wildman–Crippen LogP) is 1.88. The minimum absolute atomic E-state index is 0.405. The fourth-order valence-corrected chi connectivity index (χ4v) is 2.15. The van der Waals surface area contributed by atoms with Crippen LogP contribution in [0.2, 0.25) is 0 Å². The molecule has 1 fully saturated rings. The summed E-state index contributed by atoms with van der Waals surface area (Å²) in [6, 6.07) is 0.405. The lowest BCUT2D eigenvalue weighted by atomic mass is 10.1. The Kier molecular flexibility index (Phi) is 3.49. The van der Waals surface area contributed by atoms with Gasteiger partial charge in [-0.25, -0.2) is 0 Å². The van der Waals surface area contributed by atoms with Crippen molar-refractivity contribution in [1.82, 2.24) is 15.1 Å². The van der Waals surface area contributed by atoms with Gasteiger partial charge < -0.3 is 10.1 Å². The third-order valence-electron chi connectivity index (χ3n) is 3.17. The molecule has 1 heterocycles. The first-order valence-corrected chi connectivity index (χ1v) is 6.07. The molecule has 0 spiro atoms. The number of ether oxygens (including phenoxy) is 1. The molecule has 1 aromatic rings. The molecule has 0 aliphatic heterocycles. The maximum atomic E-state index is 5.38. The van der Waals surface area contributed by atoms with E-state index in [1.807, 2.05) is 11.7 Å². The number of hydrogen-bond donors (Lipinski definition) is 1. The van der Waals surface area contributed by atoms with Crippen LogP contribution in [0.5, 0.6) is 5.75 Å². The maximum Gasteiger partial charge on any atom is 0.161 e. The first-order valence-electron chi connectivity index (χ1n) is 6.07. The molecule has 90 valence electrons. The number of methoxy groups -OCH3 is 1. The van der Waals surface area contributed by atoms with Crippen LogP contribution in [0, 0.1) is 5.92 Å². The van der Waals surface area contributed by atoms with Gasteiger partial charge in [0.2, 0.25) is 0 Å². The first-order chi connectivity index (χ1) is 7.77. The molecule has 2 rings (SSSR count). The number of nitrogens with one attached hydrogen (secondary N) is 1. The van der Waals surface area contributed by atoms with E-state index in [9.17, 15) is 0 Å². The molecule has 1 N–H and O–H groups in total. The quantitative estimate of drug-likeness (QED) is 0.800. The summed E-state index contributed by atoms with van der Waals surface area (Å²) in [7, 11) is 3.70. The summed E-state index contributed by atoms with van der Waals surface area (Å²) >= 11 is 0. The first kappa shape index (κ1) is 11.5. The molecule has 0 bridgehead atoms. The monoisotopic (exact) mass is 223 g/mol. The topological polar surface area (TPSA) is 39.1 Å². The number of nitrogens with zero attached hydrogens (tertiary/aromatic N) is 2. The number of rotatable bonds is 6. The van der Waals surface area contributed by atoms with E-state index in [1.165, 1.54) is 18.5 Å². The third-order valence-corrected chi connectivity index (χ3v) is 3.17. The molecule has 1 unspecified atom stereocenters. The molecule has 0 radical (unpaired) electrons. The Hall–Kier alpha value is -1.03.